The Kier molecular flexibility index (Phi) is 2.26. The minimum atomic E-state index is -0.293. The predicted octanol–water partition coefficient (Wildman–Crippen LogP) is 3.42. The summed E-state index contributed by atoms with van der Waals surface area (Å²) < 4.78 is 0. The van der Waals surface area contributed by atoms with Crippen LogP contribution in [0, 0.1) is 17.8 Å². The van der Waals surface area contributed by atoms with Gasteiger partial charge in [-0.05, 0) is 48.3 Å². The molecule has 0 amide bonds. The lowest BCUT2D eigenvalue weighted by Crippen LogP contribution is -2.04. The highest BCUT2D eigenvalue weighted by atomic mass is 35.5. The molecule has 2 fully saturated rings. The van der Waals surface area contributed by atoms with Gasteiger partial charge in [0.2, 0.25) is 0 Å². The lowest BCUT2D eigenvalue weighted by Gasteiger charge is -2.13. The van der Waals surface area contributed by atoms with E-state index in [0.717, 1.165) is 22.4 Å². The van der Waals surface area contributed by atoms with Crippen molar-refractivity contribution in [1.29, 1.82) is 0 Å². The molecular formula is C13H15ClO. The van der Waals surface area contributed by atoms with Gasteiger partial charge in [0.15, 0.2) is 0 Å². The first kappa shape index (κ1) is 9.68. The average molecular weight is 223 g/mol. The van der Waals surface area contributed by atoms with Gasteiger partial charge in [0.1, 0.15) is 0 Å². The van der Waals surface area contributed by atoms with E-state index in [2.05, 4.69) is 0 Å². The second kappa shape index (κ2) is 3.50. The van der Waals surface area contributed by atoms with Crippen LogP contribution in [0.2, 0.25) is 5.02 Å². The fourth-order valence-corrected chi connectivity index (χ4v) is 3.46. The molecule has 2 aliphatic rings. The van der Waals surface area contributed by atoms with Crippen LogP contribution in [0.3, 0.4) is 0 Å². The van der Waals surface area contributed by atoms with E-state index in [9.17, 15) is 5.11 Å². The van der Waals surface area contributed by atoms with Crippen molar-refractivity contribution in [3.63, 3.8) is 0 Å². The predicted molar refractivity (Wildman–Crippen MR) is 60.7 cm³/mol. The summed E-state index contributed by atoms with van der Waals surface area (Å²) in [5.74, 6) is 2.09. The molecule has 80 valence electrons. The smallest absolute Gasteiger partial charge is 0.0824 e. The van der Waals surface area contributed by atoms with Gasteiger partial charge in [-0.25, -0.2) is 0 Å². The summed E-state index contributed by atoms with van der Waals surface area (Å²) in [6.07, 6.45) is 3.69. The Morgan fingerprint density at radius 3 is 2.67 bits per heavy atom. The highest BCUT2D eigenvalue weighted by Gasteiger charge is 2.55. The van der Waals surface area contributed by atoms with Crippen molar-refractivity contribution in [2.45, 2.75) is 25.4 Å². The van der Waals surface area contributed by atoms with E-state index in [-0.39, 0.29) is 6.10 Å². The van der Waals surface area contributed by atoms with Crippen LogP contribution in [-0.2, 0) is 0 Å². The van der Waals surface area contributed by atoms with Crippen LogP contribution in [0.5, 0.6) is 0 Å². The number of aliphatic hydroxyl groups is 1. The third-order valence-electron chi connectivity index (χ3n) is 4.03. The molecule has 0 aliphatic heterocycles. The van der Waals surface area contributed by atoms with E-state index < -0.39 is 0 Å². The lowest BCUT2D eigenvalue weighted by molar-refractivity contribution is 0.137. The van der Waals surface area contributed by atoms with Crippen molar-refractivity contribution in [3.8, 4) is 0 Å². The van der Waals surface area contributed by atoms with Crippen LogP contribution in [-0.4, -0.2) is 5.11 Å². The number of hydrogen-bond donors (Lipinski definition) is 1. The molecule has 1 aromatic carbocycles. The molecule has 1 aromatic rings. The van der Waals surface area contributed by atoms with Gasteiger partial charge in [0.05, 0.1) is 6.10 Å². The van der Waals surface area contributed by atoms with Crippen LogP contribution in [0.15, 0.2) is 24.3 Å². The lowest BCUT2D eigenvalue weighted by atomic mass is 10.00. The van der Waals surface area contributed by atoms with Crippen LogP contribution in [0.1, 0.15) is 30.9 Å². The molecule has 0 saturated heterocycles. The third-order valence-corrected chi connectivity index (χ3v) is 4.26. The molecule has 0 heterocycles. The van der Waals surface area contributed by atoms with Gasteiger partial charge in [-0.2, -0.15) is 0 Å². The minimum Gasteiger partial charge on any atom is -0.388 e. The molecular weight excluding hydrogens is 208 g/mol. The molecule has 15 heavy (non-hydrogen) atoms. The van der Waals surface area contributed by atoms with E-state index in [1.165, 1.54) is 19.3 Å². The van der Waals surface area contributed by atoms with Gasteiger partial charge >= 0.3 is 0 Å². The molecule has 2 saturated carbocycles. The van der Waals surface area contributed by atoms with Crippen LogP contribution < -0.4 is 0 Å². The summed E-state index contributed by atoms with van der Waals surface area (Å²) in [6, 6.07) is 7.63. The number of hydrogen-bond acceptors (Lipinski definition) is 1. The number of halogens is 1. The Morgan fingerprint density at radius 1 is 1.27 bits per heavy atom. The van der Waals surface area contributed by atoms with Gasteiger partial charge in [-0.3, -0.25) is 0 Å². The van der Waals surface area contributed by atoms with E-state index in [0.29, 0.717) is 5.92 Å². The molecule has 2 heteroatoms. The zero-order chi connectivity index (χ0) is 10.4. The standard InChI is InChI=1S/C13H15ClO/c14-9-4-1-3-8(7-9)13(15)12-10-5-2-6-11(10)12/h1,3-4,7,10-13,15H,2,5-6H2. The summed E-state index contributed by atoms with van der Waals surface area (Å²) in [7, 11) is 0. The summed E-state index contributed by atoms with van der Waals surface area (Å²) >= 11 is 5.92. The minimum absolute atomic E-state index is 0.293. The van der Waals surface area contributed by atoms with Crippen molar-refractivity contribution in [2.24, 2.45) is 17.8 Å². The summed E-state index contributed by atoms with van der Waals surface area (Å²) in [4.78, 5) is 0. The van der Waals surface area contributed by atoms with E-state index in [1.807, 2.05) is 24.3 Å². The topological polar surface area (TPSA) is 20.2 Å². The van der Waals surface area contributed by atoms with Crippen LogP contribution in [0.4, 0.5) is 0 Å². The Balaban J connectivity index is 1.78. The van der Waals surface area contributed by atoms with Gasteiger partial charge in [-0.15, -0.1) is 0 Å². The van der Waals surface area contributed by atoms with Crippen molar-refractivity contribution in [3.05, 3.63) is 34.9 Å². The van der Waals surface area contributed by atoms with Gasteiger partial charge in [0, 0.05) is 5.02 Å². The highest BCUT2D eigenvalue weighted by molar-refractivity contribution is 6.30. The number of rotatable bonds is 2. The Labute approximate surface area is 95.1 Å². The number of aliphatic hydroxyl groups excluding tert-OH is 1. The first-order valence-corrected chi connectivity index (χ1v) is 6.09. The first-order chi connectivity index (χ1) is 7.27. The molecule has 0 aromatic heterocycles. The Hall–Kier alpha value is -0.530. The SMILES string of the molecule is OC(c1cccc(Cl)c1)C1C2CCCC21. The zero-order valence-electron chi connectivity index (χ0n) is 8.57. The maximum absolute atomic E-state index is 10.2. The Morgan fingerprint density at radius 2 is 2.00 bits per heavy atom. The second-order valence-electron chi connectivity index (χ2n) is 4.84. The highest BCUT2D eigenvalue weighted by Crippen LogP contribution is 2.62. The summed E-state index contributed by atoms with van der Waals surface area (Å²) in [6.45, 7) is 0. The molecule has 0 spiro atoms. The van der Waals surface area contributed by atoms with Crippen molar-refractivity contribution in [1.82, 2.24) is 0 Å². The molecule has 3 rings (SSSR count). The second-order valence-corrected chi connectivity index (χ2v) is 5.27. The fourth-order valence-electron chi connectivity index (χ4n) is 3.26. The van der Waals surface area contributed by atoms with Gasteiger partial charge < -0.3 is 5.11 Å². The van der Waals surface area contributed by atoms with E-state index in [4.69, 9.17) is 11.6 Å². The molecule has 3 unspecified atom stereocenters. The van der Waals surface area contributed by atoms with E-state index >= 15 is 0 Å². The zero-order valence-corrected chi connectivity index (χ0v) is 9.32. The van der Waals surface area contributed by atoms with Crippen molar-refractivity contribution in [2.75, 3.05) is 0 Å². The van der Waals surface area contributed by atoms with Crippen molar-refractivity contribution < 1.29 is 5.11 Å². The maximum atomic E-state index is 10.2. The number of benzene rings is 1. The van der Waals surface area contributed by atoms with E-state index in [1.54, 1.807) is 0 Å². The molecule has 0 bridgehead atoms. The van der Waals surface area contributed by atoms with Crippen LogP contribution >= 0.6 is 11.6 Å². The molecule has 1 nitrogen and oxygen atoms in total. The normalized spacial score (nSPS) is 34.9. The fraction of sp³-hybridized carbons (Fsp3) is 0.538. The summed E-state index contributed by atoms with van der Waals surface area (Å²) in [5, 5.41) is 11.0. The molecule has 3 atom stereocenters. The summed E-state index contributed by atoms with van der Waals surface area (Å²) in [5.41, 5.74) is 0.988. The van der Waals surface area contributed by atoms with Gasteiger partial charge in [0.25, 0.3) is 0 Å². The molecule has 0 radical (unpaired) electrons. The molecule has 1 N–H and O–H groups in total. The maximum Gasteiger partial charge on any atom is 0.0824 e. The molecule has 2 aliphatic carbocycles. The largest absolute Gasteiger partial charge is 0.388 e. The van der Waals surface area contributed by atoms with Crippen molar-refractivity contribution >= 4 is 11.6 Å². The third kappa shape index (κ3) is 1.58. The monoisotopic (exact) mass is 222 g/mol. The quantitative estimate of drug-likeness (QED) is 0.813. The average Bonchev–Trinajstić information content (AvgIpc) is 2.70. The number of fused-ring (bicyclic) bond motifs is 1. The van der Waals surface area contributed by atoms with Gasteiger partial charge in [-0.1, -0.05) is 30.2 Å². The Bertz CT molecular complexity index is 367. The van der Waals surface area contributed by atoms with Crippen LogP contribution in [0.25, 0.3) is 0 Å². The first-order valence-electron chi connectivity index (χ1n) is 5.71.